The summed E-state index contributed by atoms with van der Waals surface area (Å²) in [7, 11) is 1.51. The number of carbonyl (C=O) groups excluding carboxylic acids is 1. The van der Waals surface area contributed by atoms with E-state index in [4.69, 9.17) is 16.3 Å². The van der Waals surface area contributed by atoms with Gasteiger partial charge in [0.1, 0.15) is 0 Å². The van der Waals surface area contributed by atoms with Gasteiger partial charge in [-0.15, -0.1) is 0 Å². The van der Waals surface area contributed by atoms with Crippen molar-refractivity contribution in [3.05, 3.63) is 51.6 Å². The van der Waals surface area contributed by atoms with Gasteiger partial charge in [-0.1, -0.05) is 29.8 Å². The highest BCUT2D eigenvalue weighted by Crippen LogP contribution is 2.56. The zero-order valence-corrected chi connectivity index (χ0v) is 13.5. The third kappa shape index (κ3) is 1.77. The van der Waals surface area contributed by atoms with Crippen LogP contribution < -0.4 is 0 Å². The molecular weight excluding hydrogens is 296 g/mol. The molecule has 0 saturated carbocycles. The van der Waals surface area contributed by atoms with Crippen LogP contribution in [-0.2, 0) is 16.0 Å². The number of carbonyl (C=O) groups is 1. The number of rotatable bonds is 1. The monoisotopic (exact) mass is 314 g/mol. The lowest BCUT2D eigenvalue weighted by Crippen LogP contribution is -2.36. The highest BCUT2D eigenvalue weighted by Gasteiger charge is 2.49. The lowest BCUT2D eigenvalue weighted by atomic mass is 9.65. The van der Waals surface area contributed by atoms with Gasteiger partial charge >= 0.3 is 5.97 Å². The second kappa shape index (κ2) is 4.99. The number of fused-ring (bicyclic) bond motifs is 4. The summed E-state index contributed by atoms with van der Waals surface area (Å²) in [6, 6.07) is 6.18. The Morgan fingerprint density at radius 3 is 2.86 bits per heavy atom. The van der Waals surface area contributed by atoms with Crippen LogP contribution in [0.2, 0.25) is 5.02 Å². The van der Waals surface area contributed by atoms with Crippen molar-refractivity contribution in [3.8, 4) is 0 Å². The van der Waals surface area contributed by atoms with Crippen LogP contribution in [0.15, 0.2) is 35.4 Å². The van der Waals surface area contributed by atoms with Gasteiger partial charge in [-0.25, -0.2) is 0 Å². The van der Waals surface area contributed by atoms with Crippen molar-refractivity contribution in [1.29, 1.82) is 0 Å². The summed E-state index contributed by atoms with van der Waals surface area (Å²) in [5.74, 6) is -0.0558. The first-order valence-corrected chi connectivity index (χ1v) is 8.34. The van der Waals surface area contributed by atoms with Gasteiger partial charge in [-0.3, -0.25) is 4.79 Å². The fourth-order valence-corrected chi connectivity index (χ4v) is 4.82. The number of halogens is 1. The molecule has 114 valence electrons. The van der Waals surface area contributed by atoms with E-state index in [0.29, 0.717) is 0 Å². The Labute approximate surface area is 135 Å². The highest BCUT2D eigenvalue weighted by molar-refractivity contribution is 6.31. The zero-order chi connectivity index (χ0) is 15.3. The summed E-state index contributed by atoms with van der Waals surface area (Å²) >= 11 is 6.37. The standard InChI is InChI=1S/C19H19ClO2/c1-22-18(21)19-10-3-5-16(19)14-7-8-15-12(13(14)9-11-19)4-2-6-17(15)20/h2,4-6H,3,7-11H2,1H3. The van der Waals surface area contributed by atoms with E-state index in [9.17, 15) is 4.79 Å². The molecule has 0 bridgehead atoms. The van der Waals surface area contributed by atoms with Crippen LogP contribution in [0.5, 0.6) is 0 Å². The summed E-state index contributed by atoms with van der Waals surface area (Å²) in [4.78, 5) is 12.4. The van der Waals surface area contributed by atoms with Crippen molar-refractivity contribution in [2.45, 2.75) is 38.5 Å². The second-order valence-corrected chi connectivity index (χ2v) is 6.86. The molecule has 0 spiro atoms. The molecule has 0 fully saturated rings. The smallest absolute Gasteiger partial charge is 0.316 e. The summed E-state index contributed by atoms with van der Waals surface area (Å²) in [6.45, 7) is 0. The number of hydrogen-bond donors (Lipinski definition) is 0. The van der Waals surface area contributed by atoms with E-state index >= 15 is 0 Å². The first kappa shape index (κ1) is 14.1. The minimum atomic E-state index is -0.385. The Morgan fingerprint density at radius 1 is 1.18 bits per heavy atom. The largest absolute Gasteiger partial charge is 0.468 e. The van der Waals surface area contributed by atoms with Crippen molar-refractivity contribution in [2.75, 3.05) is 7.11 Å². The third-order valence-electron chi connectivity index (χ3n) is 5.57. The van der Waals surface area contributed by atoms with Gasteiger partial charge in [-0.05, 0) is 72.4 Å². The van der Waals surface area contributed by atoms with Crippen LogP contribution in [0.25, 0.3) is 5.57 Å². The Hall–Kier alpha value is -1.54. The molecule has 0 amide bonds. The zero-order valence-electron chi connectivity index (χ0n) is 12.7. The van der Waals surface area contributed by atoms with Crippen molar-refractivity contribution < 1.29 is 9.53 Å². The van der Waals surface area contributed by atoms with Crippen molar-refractivity contribution in [1.82, 2.24) is 0 Å². The number of ether oxygens (including phenoxy) is 1. The predicted octanol–water partition coefficient (Wildman–Crippen LogP) is 4.71. The highest BCUT2D eigenvalue weighted by atomic mass is 35.5. The minimum Gasteiger partial charge on any atom is -0.468 e. The summed E-state index contributed by atoms with van der Waals surface area (Å²) < 4.78 is 5.14. The van der Waals surface area contributed by atoms with E-state index in [1.807, 2.05) is 12.1 Å². The summed E-state index contributed by atoms with van der Waals surface area (Å²) in [6.07, 6.45) is 7.88. The summed E-state index contributed by atoms with van der Waals surface area (Å²) in [5.41, 5.74) is 6.20. The molecule has 3 aliphatic carbocycles. The molecule has 1 atom stereocenters. The number of methoxy groups -OCH3 is 1. The van der Waals surface area contributed by atoms with Crippen LogP contribution >= 0.6 is 11.6 Å². The van der Waals surface area contributed by atoms with E-state index in [2.05, 4.69) is 12.1 Å². The normalized spacial score (nSPS) is 26.0. The second-order valence-electron chi connectivity index (χ2n) is 6.45. The molecule has 0 N–H and O–H groups in total. The van der Waals surface area contributed by atoms with E-state index in [0.717, 1.165) is 43.5 Å². The fourth-order valence-electron chi connectivity index (χ4n) is 4.55. The van der Waals surface area contributed by atoms with Crippen LogP contribution in [0.3, 0.4) is 0 Å². The molecule has 0 aliphatic heterocycles. The maximum Gasteiger partial charge on any atom is 0.316 e. The van der Waals surface area contributed by atoms with Crippen molar-refractivity contribution in [3.63, 3.8) is 0 Å². The number of allylic oxidation sites excluding steroid dienone is 3. The molecule has 0 saturated heterocycles. The van der Waals surface area contributed by atoms with Crippen LogP contribution in [0.4, 0.5) is 0 Å². The SMILES string of the molecule is COC(=O)C12CCC=C1C1=C(CC2)c2cccc(Cl)c2CC1. The molecule has 3 aliphatic rings. The maximum atomic E-state index is 12.4. The molecule has 1 aromatic carbocycles. The molecule has 0 aromatic heterocycles. The van der Waals surface area contributed by atoms with Gasteiger partial charge in [0.05, 0.1) is 12.5 Å². The molecular formula is C19H19ClO2. The molecule has 4 rings (SSSR count). The van der Waals surface area contributed by atoms with Gasteiger partial charge in [0.15, 0.2) is 0 Å². The quantitative estimate of drug-likeness (QED) is 0.701. The first-order chi connectivity index (χ1) is 10.7. The number of hydrogen-bond acceptors (Lipinski definition) is 2. The molecule has 1 unspecified atom stereocenters. The molecule has 22 heavy (non-hydrogen) atoms. The van der Waals surface area contributed by atoms with Gasteiger partial charge in [-0.2, -0.15) is 0 Å². The van der Waals surface area contributed by atoms with Crippen LogP contribution in [0.1, 0.15) is 43.2 Å². The average Bonchev–Trinajstić information content (AvgIpc) is 2.99. The average molecular weight is 315 g/mol. The maximum absolute atomic E-state index is 12.4. The topological polar surface area (TPSA) is 26.3 Å². The van der Waals surface area contributed by atoms with Crippen LogP contribution in [-0.4, -0.2) is 13.1 Å². The fraction of sp³-hybridized carbons (Fsp3) is 0.421. The van der Waals surface area contributed by atoms with E-state index in [1.54, 1.807) is 0 Å². The van der Waals surface area contributed by atoms with Gasteiger partial charge in [0.25, 0.3) is 0 Å². The van der Waals surface area contributed by atoms with Gasteiger partial charge in [0.2, 0.25) is 0 Å². The number of esters is 1. The van der Waals surface area contributed by atoms with Gasteiger partial charge in [0, 0.05) is 5.02 Å². The van der Waals surface area contributed by atoms with E-state index in [1.165, 1.54) is 35.0 Å². The van der Waals surface area contributed by atoms with Crippen LogP contribution in [0, 0.1) is 5.41 Å². The lowest BCUT2D eigenvalue weighted by Gasteiger charge is -2.39. The molecule has 3 heteroatoms. The Balaban J connectivity index is 1.87. The first-order valence-electron chi connectivity index (χ1n) is 7.96. The number of benzene rings is 1. The molecule has 2 nitrogen and oxygen atoms in total. The minimum absolute atomic E-state index is 0.0558. The van der Waals surface area contributed by atoms with Gasteiger partial charge < -0.3 is 4.74 Å². The Morgan fingerprint density at radius 2 is 2.05 bits per heavy atom. The third-order valence-corrected chi connectivity index (χ3v) is 5.93. The Bertz CT molecular complexity index is 729. The predicted molar refractivity (Wildman–Crippen MR) is 87.7 cm³/mol. The van der Waals surface area contributed by atoms with Crippen molar-refractivity contribution in [2.24, 2.45) is 5.41 Å². The lowest BCUT2D eigenvalue weighted by molar-refractivity contribution is -0.150. The molecule has 0 radical (unpaired) electrons. The Kier molecular flexibility index (Phi) is 3.19. The van der Waals surface area contributed by atoms with Crippen molar-refractivity contribution >= 4 is 23.1 Å². The molecule has 1 aromatic rings. The summed E-state index contributed by atoms with van der Waals surface area (Å²) in [5, 5.41) is 0.870. The van der Waals surface area contributed by atoms with E-state index < -0.39 is 0 Å². The molecule has 0 heterocycles. The van der Waals surface area contributed by atoms with E-state index in [-0.39, 0.29) is 11.4 Å².